The lowest BCUT2D eigenvalue weighted by Gasteiger charge is -2.14. The van der Waals surface area contributed by atoms with Crippen LogP contribution in [0.3, 0.4) is 0 Å². The fourth-order valence-electron chi connectivity index (χ4n) is 1.73. The normalized spacial score (nSPS) is 15.6. The molecular formula is C10H15ClN4O3. The van der Waals surface area contributed by atoms with Gasteiger partial charge >= 0.3 is 0 Å². The van der Waals surface area contributed by atoms with Gasteiger partial charge in [-0.15, -0.1) is 12.4 Å². The van der Waals surface area contributed by atoms with Crippen LogP contribution in [0, 0.1) is 16.0 Å². The molecule has 1 aliphatic carbocycles. The molecule has 8 heteroatoms. The van der Waals surface area contributed by atoms with Crippen molar-refractivity contribution in [3.8, 4) is 0 Å². The third kappa shape index (κ3) is 3.21. The molecule has 1 aliphatic rings. The number of halogens is 1. The molecule has 0 saturated heterocycles. The highest BCUT2D eigenvalue weighted by Crippen LogP contribution is 2.32. The number of hydrogen-bond donors (Lipinski definition) is 3. The van der Waals surface area contributed by atoms with Gasteiger partial charge in [0.1, 0.15) is 5.69 Å². The van der Waals surface area contributed by atoms with Crippen molar-refractivity contribution in [2.24, 2.45) is 11.7 Å². The second-order valence-electron chi connectivity index (χ2n) is 4.18. The summed E-state index contributed by atoms with van der Waals surface area (Å²) < 4.78 is 0. The summed E-state index contributed by atoms with van der Waals surface area (Å²) in [6.07, 6.45) is 3.35. The topological polar surface area (TPSA) is 114 Å². The predicted molar refractivity (Wildman–Crippen MR) is 67.7 cm³/mol. The van der Waals surface area contributed by atoms with Gasteiger partial charge in [-0.25, -0.2) is 0 Å². The number of H-pyrrole nitrogens is 1. The minimum absolute atomic E-state index is 0. The van der Waals surface area contributed by atoms with Crippen LogP contribution in [0.15, 0.2) is 12.3 Å². The van der Waals surface area contributed by atoms with Crippen molar-refractivity contribution in [1.82, 2.24) is 10.3 Å². The maximum absolute atomic E-state index is 11.8. The molecule has 2 rings (SSSR count). The first kappa shape index (κ1) is 14.5. The van der Waals surface area contributed by atoms with Gasteiger partial charge in [-0.2, -0.15) is 0 Å². The van der Waals surface area contributed by atoms with Crippen LogP contribution in [-0.2, 0) is 0 Å². The average molecular weight is 275 g/mol. The van der Waals surface area contributed by atoms with Crippen molar-refractivity contribution in [1.29, 1.82) is 0 Å². The van der Waals surface area contributed by atoms with Crippen molar-refractivity contribution in [2.45, 2.75) is 18.9 Å². The maximum Gasteiger partial charge on any atom is 0.287 e. The Morgan fingerprint density at radius 2 is 2.33 bits per heavy atom. The van der Waals surface area contributed by atoms with Crippen molar-refractivity contribution >= 4 is 24.0 Å². The zero-order chi connectivity index (χ0) is 12.4. The molecule has 0 aromatic carbocycles. The van der Waals surface area contributed by atoms with Crippen LogP contribution in [-0.4, -0.2) is 28.4 Å². The summed E-state index contributed by atoms with van der Waals surface area (Å²) in [5.41, 5.74) is 5.63. The van der Waals surface area contributed by atoms with Crippen LogP contribution in [0.25, 0.3) is 0 Å². The first-order chi connectivity index (χ1) is 8.11. The van der Waals surface area contributed by atoms with Gasteiger partial charge in [0.2, 0.25) is 0 Å². The molecule has 1 amide bonds. The molecular weight excluding hydrogens is 260 g/mol. The van der Waals surface area contributed by atoms with Crippen LogP contribution in [0.4, 0.5) is 5.69 Å². The van der Waals surface area contributed by atoms with E-state index in [1.165, 1.54) is 12.3 Å². The fraction of sp³-hybridized carbons (Fsp3) is 0.500. The second-order valence-corrected chi connectivity index (χ2v) is 4.18. The number of amides is 1. The summed E-state index contributed by atoms with van der Waals surface area (Å²) in [5, 5.41) is 13.2. The van der Waals surface area contributed by atoms with E-state index in [9.17, 15) is 14.9 Å². The molecule has 1 aromatic heterocycles. The minimum Gasteiger partial charge on any atom is -0.351 e. The van der Waals surface area contributed by atoms with E-state index in [1.807, 2.05) is 0 Å². The molecule has 0 spiro atoms. The van der Waals surface area contributed by atoms with E-state index in [4.69, 9.17) is 5.73 Å². The van der Waals surface area contributed by atoms with Crippen LogP contribution in [0.1, 0.15) is 23.3 Å². The largest absolute Gasteiger partial charge is 0.351 e. The molecule has 1 unspecified atom stereocenters. The SMILES string of the molecule is Cl.NCC(NC(=O)c1cc([N+](=O)[O-])c[nH]1)C1CC1. The maximum atomic E-state index is 11.8. The molecule has 0 aliphatic heterocycles. The number of nitrogens with zero attached hydrogens (tertiary/aromatic N) is 1. The Morgan fingerprint density at radius 3 is 2.78 bits per heavy atom. The molecule has 0 radical (unpaired) electrons. The highest BCUT2D eigenvalue weighted by atomic mass is 35.5. The number of carbonyl (C=O) groups is 1. The van der Waals surface area contributed by atoms with Gasteiger partial charge in [-0.05, 0) is 18.8 Å². The van der Waals surface area contributed by atoms with E-state index in [1.54, 1.807) is 0 Å². The highest BCUT2D eigenvalue weighted by Gasteiger charge is 2.31. The Labute approximate surface area is 110 Å². The lowest BCUT2D eigenvalue weighted by atomic mass is 10.2. The molecule has 1 atom stereocenters. The summed E-state index contributed by atoms with van der Waals surface area (Å²) in [6, 6.07) is 1.18. The molecule has 1 saturated carbocycles. The monoisotopic (exact) mass is 274 g/mol. The first-order valence-electron chi connectivity index (χ1n) is 5.45. The van der Waals surface area contributed by atoms with Gasteiger partial charge in [0.15, 0.2) is 0 Å². The first-order valence-corrected chi connectivity index (χ1v) is 5.45. The van der Waals surface area contributed by atoms with Crippen molar-refractivity contribution in [2.75, 3.05) is 6.54 Å². The average Bonchev–Trinajstić information content (AvgIpc) is 3.01. The van der Waals surface area contributed by atoms with Crippen LogP contribution in [0.2, 0.25) is 0 Å². The van der Waals surface area contributed by atoms with Gasteiger partial charge in [-0.3, -0.25) is 14.9 Å². The summed E-state index contributed by atoms with van der Waals surface area (Å²) in [7, 11) is 0. The molecule has 18 heavy (non-hydrogen) atoms. The van der Waals surface area contributed by atoms with Crippen LogP contribution < -0.4 is 11.1 Å². The Hall–Kier alpha value is -1.60. The Morgan fingerprint density at radius 1 is 1.67 bits per heavy atom. The number of aromatic nitrogens is 1. The third-order valence-corrected chi connectivity index (χ3v) is 2.88. The van der Waals surface area contributed by atoms with E-state index < -0.39 is 4.92 Å². The molecule has 1 heterocycles. The number of hydrogen-bond acceptors (Lipinski definition) is 4. The lowest BCUT2D eigenvalue weighted by Crippen LogP contribution is -2.41. The molecule has 4 N–H and O–H groups in total. The van der Waals surface area contributed by atoms with Gasteiger partial charge in [0.05, 0.1) is 11.1 Å². The van der Waals surface area contributed by atoms with E-state index in [2.05, 4.69) is 10.3 Å². The van der Waals surface area contributed by atoms with Gasteiger partial charge in [0.25, 0.3) is 11.6 Å². The van der Waals surface area contributed by atoms with E-state index in [-0.39, 0.29) is 35.7 Å². The zero-order valence-corrected chi connectivity index (χ0v) is 10.4. The fourth-order valence-corrected chi connectivity index (χ4v) is 1.73. The third-order valence-electron chi connectivity index (χ3n) is 2.88. The van der Waals surface area contributed by atoms with Crippen molar-refractivity contribution in [3.63, 3.8) is 0 Å². The minimum atomic E-state index is -0.547. The smallest absolute Gasteiger partial charge is 0.287 e. The second kappa shape index (κ2) is 5.83. The number of aromatic amines is 1. The summed E-state index contributed by atoms with van der Waals surface area (Å²) >= 11 is 0. The molecule has 1 fully saturated rings. The zero-order valence-electron chi connectivity index (χ0n) is 9.59. The number of nitrogens with one attached hydrogen (secondary N) is 2. The summed E-state index contributed by atoms with van der Waals surface area (Å²) in [5.74, 6) is 0.106. The van der Waals surface area contributed by atoms with Crippen molar-refractivity contribution in [3.05, 3.63) is 28.1 Å². The standard InChI is InChI=1S/C10H14N4O3.ClH/c11-4-9(6-1-2-6)13-10(15)8-3-7(5-12-8)14(16)17;/h3,5-6,9,12H,1-2,4,11H2,(H,13,15);1H. The molecule has 100 valence electrons. The number of nitrogens with two attached hydrogens (primary N) is 1. The van der Waals surface area contributed by atoms with E-state index in [0.717, 1.165) is 12.8 Å². The van der Waals surface area contributed by atoms with Crippen molar-refractivity contribution < 1.29 is 9.72 Å². The van der Waals surface area contributed by atoms with E-state index >= 15 is 0 Å². The lowest BCUT2D eigenvalue weighted by molar-refractivity contribution is -0.384. The number of carbonyl (C=O) groups excluding carboxylic acids is 1. The molecule has 7 nitrogen and oxygen atoms in total. The van der Waals surface area contributed by atoms with Gasteiger partial charge in [0, 0.05) is 18.7 Å². The molecule has 1 aromatic rings. The summed E-state index contributed by atoms with van der Waals surface area (Å²) in [4.78, 5) is 24.3. The number of rotatable bonds is 5. The molecule has 0 bridgehead atoms. The predicted octanol–water partition coefficient (Wildman–Crippen LogP) is 0.812. The van der Waals surface area contributed by atoms with E-state index in [0.29, 0.717) is 12.5 Å². The Bertz CT molecular complexity index is 444. The van der Waals surface area contributed by atoms with Crippen LogP contribution >= 0.6 is 12.4 Å². The van der Waals surface area contributed by atoms with Gasteiger partial charge in [-0.1, -0.05) is 0 Å². The summed E-state index contributed by atoms with van der Waals surface area (Å²) in [6.45, 7) is 0.388. The van der Waals surface area contributed by atoms with Gasteiger partial charge < -0.3 is 16.0 Å². The highest BCUT2D eigenvalue weighted by molar-refractivity contribution is 5.93. The Kier molecular flexibility index (Phi) is 4.69. The number of nitro groups is 1. The van der Waals surface area contributed by atoms with Crippen LogP contribution in [0.5, 0.6) is 0 Å². The Balaban J connectivity index is 0.00000162. The quantitative estimate of drug-likeness (QED) is 0.544.